The number of ether oxygens (including phenoxy) is 1. The van der Waals surface area contributed by atoms with Crippen LogP contribution in [0.2, 0.25) is 0 Å². The zero-order valence-electron chi connectivity index (χ0n) is 18.4. The fraction of sp³-hybridized carbons (Fsp3) is 0.250. The molecule has 3 heterocycles. The Balaban J connectivity index is 1.28. The zero-order valence-corrected chi connectivity index (χ0v) is 20.1. The molecule has 0 radical (unpaired) electrons. The van der Waals surface area contributed by atoms with Gasteiger partial charge in [-0.2, -0.15) is 4.31 Å². The number of sulfonamides is 1. The molecule has 1 aliphatic heterocycles. The summed E-state index contributed by atoms with van der Waals surface area (Å²) in [5, 5.41) is 6.04. The highest BCUT2D eigenvalue weighted by molar-refractivity contribution is 7.89. The van der Waals surface area contributed by atoms with Gasteiger partial charge in [0, 0.05) is 29.9 Å². The van der Waals surface area contributed by atoms with Crippen molar-refractivity contribution in [2.24, 2.45) is 5.92 Å². The summed E-state index contributed by atoms with van der Waals surface area (Å²) in [5.74, 6) is 0.620. The summed E-state index contributed by atoms with van der Waals surface area (Å²) in [6, 6.07) is 15.8. The van der Waals surface area contributed by atoms with E-state index in [-0.39, 0.29) is 17.3 Å². The minimum Gasteiger partial charge on any atom is -0.497 e. The molecule has 5 rings (SSSR count). The largest absolute Gasteiger partial charge is 0.497 e. The number of methoxy groups -OCH3 is 1. The van der Waals surface area contributed by atoms with Crippen molar-refractivity contribution in [2.75, 3.05) is 25.5 Å². The van der Waals surface area contributed by atoms with Gasteiger partial charge in [-0.15, -0.1) is 11.3 Å². The number of benzene rings is 2. The van der Waals surface area contributed by atoms with E-state index < -0.39 is 15.9 Å². The number of fused-ring (bicyclic) bond motifs is 1. The fourth-order valence-electron chi connectivity index (χ4n) is 4.03. The van der Waals surface area contributed by atoms with Crippen molar-refractivity contribution in [3.05, 3.63) is 60.0 Å². The molecular formula is C24H23N3O5S2. The van der Waals surface area contributed by atoms with Crippen molar-refractivity contribution >= 4 is 43.4 Å². The standard InChI is InChI=1S/C24H23N3O5S2/c1-31-18-10-9-16-12-22(32-21(16)13-18)20-15-33-24(25-20)26-23(28)17-6-5-11-27(14-17)34(29,30)19-7-3-2-4-8-19/h2-4,7-10,12-13,15,17H,5-6,11,14H2,1H3,(H,25,26,28). The third kappa shape index (κ3) is 4.44. The highest BCUT2D eigenvalue weighted by Gasteiger charge is 2.33. The SMILES string of the molecule is COc1ccc2cc(-c3csc(NC(=O)C4CCCN(S(=O)(=O)c5ccccc5)C4)n3)oc2c1. The fourth-order valence-corrected chi connectivity index (χ4v) is 6.28. The number of anilines is 1. The van der Waals surface area contributed by atoms with Crippen LogP contribution in [0.1, 0.15) is 12.8 Å². The summed E-state index contributed by atoms with van der Waals surface area (Å²) in [4.78, 5) is 17.7. The molecule has 1 aliphatic rings. The maximum absolute atomic E-state index is 13.0. The summed E-state index contributed by atoms with van der Waals surface area (Å²) in [6.07, 6.45) is 1.24. The van der Waals surface area contributed by atoms with Gasteiger partial charge < -0.3 is 14.5 Å². The number of hydrogen-bond acceptors (Lipinski definition) is 7. The second-order valence-electron chi connectivity index (χ2n) is 8.06. The van der Waals surface area contributed by atoms with Gasteiger partial charge in [-0.3, -0.25) is 4.79 Å². The number of aromatic nitrogens is 1. The average Bonchev–Trinajstić information content (AvgIpc) is 3.51. The van der Waals surface area contributed by atoms with Gasteiger partial charge in [0.25, 0.3) is 0 Å². The van der Waals surface area contributed by atoms with E-state index in [1.54, 1.807) is 37.4 Å². The topological polar surface area (TPSA) is 102 Å². The van der Waals surface area contributed by atoms with Gasteiger partial charge in [0.15, 0.2) is 10.9 Å². The van der Waals surface area contributed by atoms with E-state index >= 15 is 0 Å². The van der Waals surface area contributed by atoms with E-state index in [1.807, 2.05) is 29.6 Å². The molecule has 1 N–H and O–H groups in total. The molecule has 0 spiro atoms. The molecule has 1 unspecified atom stereocenters. The molecular weight excluding hydrogens is 474 g/mol. The molecule has 1 saturated heterocycles. The maximum atomic E-state index is 13.0. The first kappa shape index (κ1) is 22.6. The molecule has 0 bridgehead atoms. The molecule has 0 aliphatic carbocycles. The van der Waals surface area contributed by atoms with Gasteiger partial charge in [-0.05, 0) is 43.2 Å². The minimum absolute atomic E-state index is 0.146. The Labute approximate surface area is 201 Å². The second kappa shape index (κ2) is 9.21. The molecule has 4 aromatic rings. The number of hydrogen-bond donors (Lipinski definition) is 1. The summed E-state index contributed by atoms with van der Waals surface area (Å²) >= 11 is 1.30. The van der Waals surface area contributed by atoms with Crippen molar-refractivity contribution in [1.29, 1.82) is 0 Å². The van der Waals surface area contributed by atoms with E-state index in [1.165, 1.54) is 15.6 Å². The molecule has 0 saturated carbocycles. The van der Waals surface area contributed by atoms with Crippen LogP contribution in [-0.4, -0.2) is 43.8 Å². The molecule has 2 aromatic carbocycles. The monoisotopic (exact) mass is 497 g/mol. The molecule has 10 heteroatoms. The van der Waals surface area contributed by atoms with Gasteiger partial charge in [-0.1, -0.05) is 18.2 Å². The van der Waals surface area contributed by atoms with E-state index in [2.05, 4.69) is 10.3 Å². The lowest BCUT2D eigenvalue weighted by Gasteiger charge is -2.31. The molecule has 1 fully saturated rings. The Kier molecular flexibility index (Phi) is 6.11. The van der Waals surface area contributed by atoms with Crippen molar-refractivity contribution in [1.82, 2.24) is 9.29 Å². The number of rotatable bonds is 6. The predicted octanol–water partition coefficient (Wildman–Crippen LogP) is 4.60. The van der Waals surface area contributed by atoms with Crippen LogP contribution in [0.25, 0.3) is 22.4 Å². The summed E-state index contributed by atoms with van der Waals surface area (Å²) < 4.78 is 38.4. The first-order valence-corrected chi connectivity index (χ1v) is 13.2. The Morgan fingerprint density at radius 1 is 1.21 bits per heavy atom. The number of nitrogens with zero attached hydrogens (tertiary/aromatic N) is 2. The van der Waals surface area contributed by atoms with Crippen LogP contribution < -0.4 is 10.1 Å². The minimum atomic E-state index is -3.63. The number of nitrogens with one attached hydrogen (secondary N) is 1. The first-order chi connectivity index (χ1) is 16.4. The van der Waals surface area contributed by atoms with Crippen molar-refractivity contribution in [2.45, 2.75) is 17.7 Å². The van der Waals surface area contributed by atoms with Crippen molar-refractivity contribution in [3.63, 3.8) is 0 Å². The van der Waals surface area contributed by atoms with Gasteiger partial charge in [0.05, 0.1) is 17.9 Å². The van der Waals surface area contributed by atoms with E-state index in [4.69, 9.17) is 9.15 Å². The van der Waals surface area contributed by atoms with Crippen LogP contribution >= 0.6 is 11.3 Å². The zero-order chi connectivity index (χ0) is 23.7. The van der Waals surface area contributed by atoms with Crippen LogP contribution in [-0.2, 0) is 14.8 Å². The molecule has 1 atom stereocenters. The highest BCUT2D eigenvalue weighted by Crippen LogP contribution is 2.32. The maximum Gasteiger partial charge on any atom is 0.243 e. The van der Waals surface area contributed by atoms with Crippen LogP contribution in [0.4, 0.5) is 5.13 Å². The van der Waals surface area contributed by atoms with Crippen LogP contribution in [0, 0.1) is 5.92 Å². The summed E-state index contributed by atoms with van der Waals surface area (Å²) in [6.45, 7) is 0.548. The molecule has 8 nitrogen and oxygen atoms in total. The first-order valence-electron chi connectivity index (χ1n) is 10.8. The predicted molar refractivity (Wildman–Crippen MR) is 130 cm³/mol. The summed E-state index contributed by atoms with van der Waals surface area (Å²) in [5.41, 5.74) is 1.31. The van der Waals surface area contributed by atoms with Gasteiger partial charge in [0.2, 0.25) is 15.9 Å². The number of piperidine rings is 1. The number of carbonyl (C=O) groups is 1. The lowest BCUT2D eigenvalue weighted by atomic mass is 9.99. The lowest BCUT2D eigenvalue weighted by Crippen LogP contribution is -2.43. The average molecular weight is 498 g/mol. The smallest absolute Gasteiger partial charge is 0.243 e. The van der Waals surface area contributed by atoms with Gasteiger partial charge >= 0.3 is 0 Å². The summed E-state index contributed by atoms with van der Waals surface area (Å²) in [7, 11) is -2.03. The third-order valence-corrected chi connectivity index (χ3v) is 8.49. The van der Waals surface area contributed by atoms with E-state index in [0.717, 1.165) is 5.39 Å². The Hall–Kier alpha value is -3.21. The quantitative estimate of drug-likeness (QED) is 0.418. The Morgan fingerprint density at radius 2 is 2.03 bits per heavy atom. The van der Waals surface area contributed by atoms with E-state index in [9.17, 15) is 13.2 Å². The second-order valence-corrected chi connectivity index (χ2v) is 10.9. The normalized spacial score (nSPS) is 17.0. The third-order valence-electron chi connectivity index (χ3n) is 5.85. The van der Waals surface area contributed by atoms with Crippen molar-refractivity contribution < 1.29 is 22.4 Å². The molecule has 34 heavy (non-hydrogen) atoms. The number of amides is 1. The number of thiazole rings is 1. The van der Waals surface area contributed by atoms with Crippen molar-refractivity contribution in [3.8, 4) is 17.2 Å². The molecule has 176 valence electrons. The lowest BCUT2D eigenvalue weighted by molar-refractivity contribution is -0.120. The van der Waals surface area contributed by atoms with Gasteiger partial charge in [0.1, 0.15) is 17.0 Å². The molecule has 1 amide bonds. The highest BCUT2D eigenvalue weighted by atomic mass is 32.2. The van der Waals surface area contributed by atoms with Crippen LogP contribution in [0.3, 0.4) is 0 Å². The van der Waals surface area contributed by atoms with Crippen LogP contribution in [0.5, 0.6) is 5.75 Å². The Morgan fingerprint density at radius 3 is 2.82 bits per heavy atom. The van der Waals surface area contributed by atoms with E-state index in [0.29, 0.717) is 47.3 Å². The number of carbonyl (C=O) groups excluding carboxylic acids is 1. The Bertz CT molecular complexity index is 1430. The van der Waals surface area contributed by atoms with Crippen LogP contribution in [0.15, 0.2) is 69.3 Å². The van der Waals surface area contributed by atoms with Gasteiger partial charge in [-0.25, -0.2) is 13.4 Å². The number of furan rings is 1. The molecule has 2 aromatic heterocycles.